The zero-order chi connectivity index (χ0) is 18.4. The molecule has 0 aliphatic heterocycles. The highest BCUT2D eigenvalue weighted by molar-refractivity contribution is 8.00. The third kappa shape index (κ3) is 5.86. The van der Waals surface area contributed by atoms with E-state index < -0.39 is 4.92 Å². The van der Waals surface area contributed by atoms with Crippen LogP contribution in [0, 0.1) is 16.0 Å². The lowest BCUT2D eigenvalue weighted by Crippen LogP contribution is -2.34. The van der Waals surface area contributed by atoms with Crippen LogP contribution in [0.15, 0.2) is 46.7 Å². The lowest BCUT2D eigenvalue weighted by molar-refractivity contribution is -0.384. The van der Waals surface area contributed by atoms with Gasteiger partial charge >= 0.3 is 0 Å². The van der Waals surface area contributed by atoms with E-state index in [-0.39, 0.29) is 22.9 Å². The van der Waals surface area contributed by atoms with Crippen molar-refractivity contribution < 1.29 is 9.72 Å². The summed E-state index contributed by atoms with van der Waals surface area (Å²) in [5.41, 5.74) is 0.0520. The summed E-state index contributed by atoms with van der Waals surface area (Å²) >= 11 is 3.05. The zero-order valence-corrected chi connectivity index (χ0v) is 16.1. The van der Waals surface area contributed by atoms with Crippen molar-refractivity contribution in [3.8, 4) is 0 Å². The third-order valence-electron chi connectivity index (χ3n) is 3.64. The highest BCUT2D eigenvalue weighted by Crippen LogP contribution is 2.28. The Labute approximate surface area is 156 Å². The van der Waals surface area contributed by atoms with Crippen LogP contribution in [0.5, 0.6) is 0 Å². The summed E-state index contributed by atoms with van der Waals surface area (Å²) in [5, 5.41) is 15.6. The van der Waals surface area contributed by atoms with Gasteiger partial charge in [0.1, 0.15) is 0 Å². The fourth-order valence-electron chi connectivity index (χ4n) is 2.40. The quantitative estimate of drug-likeness (QED) is 0.397. The number of nitro groups is 1. The number of amides is 1. The number of hydrogen-bond acceptors (Lipinski definition) is 5. The molecule has 1 N–H and O–H groups in total. The molecule has 0 aliphatic carbocycles. The lowest BCUT2D eigenvalue weighted by atomic mass is 10.0. The average Bonchev–Trinajstić information content (AvgIpc) is 3.08. The Balaban J connectivity index is 1.99. The maximum absolute atomic E-state index is 12.6. The molecule has 2 unspecified atom stereocenters. The Morgan fingerprint density at radius 3 is 2.44 bits per heavy atom. The molecule has 0 bridgehead atoms. The fraction of sp³-hybridized carbons (Fsp3) is 0.389. The minimum atomic E-state index is -0.428. The van der Waals surface area contributed by atoms with Gasteiger partial charge in [-0.1, -0.05) is 19.9 Å². The van der Waals surface area contributed by atoms with Gasteiger partial charge in [-0.3, -0.25) is 14.9 Å². The summed E-state index contributed by atoms with van der Waals surface area (Å²) in [6, 6.07) is 10.3. The van der Waals surface area contributed by atoms with Crippen LogP contribution in [0.3, 0.4) is 0 Å². The van der Waals surface area contributed by atoms with Crippen molar-refractivity contribution in [1.82, 2.24) is 5.32 Å². The van der Waals surface area contributed by atoms with Gasteiger partial charge in [0.2, 0.25) is 5.91 Å². The van der Waals surface area contributed by atoms with Crippen molar-refractivity contribution in [2.45, 2.75) is 43.4 Å². The minimum Gasteiger partial charge on any atom is -0.348 e. The Hall–Kier alpha value is -1.86. The Morgan fingerprint density at radius 2 is 1.92 bits per heavy atom. The highest BCUT2D eigenvalue weighted by Gasteiger charge is 2.21. The second-order valence-electron chi connectivity index (χ2n) is 6.22. The Morgan fingerprint density at radius 1 is 1.24 bits per heavy atom. The molecule has 5 nitrogen and oxygen atoms in total. The number of hydrogen-bond donors (Lipinski definition) is 1. The average molecular weight is 379 g/mol. The molecule has 0 aliphatic rings. The van der Waals surface area contributed by atoms with E-state index >= 15 is 0 Å². The maximum Gasteiger partial charge on any atom is 0.269 e. The van der Waals surface area contributed by atoms with Gasteiger partial charge in [0.15, 0.2) is 0 Å². The van der Waals surface area contributed by atoms with E-state index in [1.54, 1.807) is 23.5 Å². The summed E-state index contributed by atoms with van der Waals surface area (Å²) in [6.07, 6.45) is 0.890. The van der Waals surface area contributed by atoms with Crippen LogP contribution in [0.2, 0.25) is 0 Å². The molecule has 1 heterocycles. The first-order valence-corrected chi connectivity index (χ1v) is 9.87. The van der Waals surface area contributed by atoms with E-state index in [9.17, 15) is 14.9 Å². The number of non-ortho nitro benzene ring substituents is 1. The predicted octanol–water partition coefficient (Wildman–Crippen LogP) is 5.04. The smallest absolute Gasteiger partial charge is 0.269 e. The fourth-order valence-corrected chi connectivity index (χ4v) is 4.07. The van der Waals surface area contributed by atoms with Crippen molar-refractivity contribution >= 4 is 34.7 Å². The molecule has 0 radical (unpaired) electrons. The molecular formula is C18H22N2O3S2. The second kappa shape index (κ2) is 9.01. The maximum atomic E-state index is 12.6. The van der Waals surface area contributed by atoms with Gasteiger partial charge in [-0.15, -0.1) is 23.1 Å². The minimum absolute atomic E-state index is 0.0208. The summed E-state index contributed by atoms with van der Waals surface area (Å²) in [4.78, 5) is 24.8. The van der Waals surface area contributed by atoms with Gasteiger partial charge in [-0.25, -0.2) is 0 Å². The number of nitrogens with zero attached hydrogens (tertiary/aromatic N) is 1. The van der Waals surface area contributed by atoms with Crippen molar-refractivity contribution in [2.24, 2.45) is 5.92 Å². The molecule has 1 amide bonds. The van der Waals surface area contributed by atoms with Gasteiger partial charge in [0, 0.05) is 21.9 Å². The van der Waals surface area contributed by atoms with Gasteiger partial charge < -0.3 is 5.32 Å². The standard InChI is InChI=1S/C18H22N2O3S2/c1-12(2)11-16(17-5-4-10-24-17)19-18(21)13(3)25-15-8-6-14(7-9-15)20(22)23/h4-10,12-13,16H,11H2,1-3H3,(H,19,21). The molecule has 134 valence electrons. The molecule has 25 heavy (non-hydrogen) atoms. The van der Waals surface area contributed by atoms with Crippen molar-refractivity contribution in [2.75, 3.05) is 0 Å². The number of thiophene rings is 1. The molecule has 1 aromatic carbocycles. The molecule has 2 rings (SSSR count). The first-order valence-electron chi connectivity index (χ1n) is 8.11. The number of carbonyl (C=O) groups excluding carboxylic acids is 1. The molecule has 2 atom stereocenters. The van der Waals surface area contributed by atoms with Crippen LogP contribution in [0.25, 0.3) is 0 Å². The van der Waals surface area contributed by atoms with Gasteiger partial charge in [-0.2, -0.15) is 0 Å². The molecule has 1 aromatic heterocycles. The Bertz CT molecular complexity index is 700. The first kappa shape index (κ1) is 19.5. The van der Waals surface area contributed by atoms with Crippen LogP contribution in [0.4, 0.5) is 5.69 Å². The van der Waals surface area contributed by atoms with Gasteiger partial charge in [-0.05, 0) is 42.8 Å². The van der Waals surface area contributed by atoms with E-state index in [4.69, 9.17) is 0 Å². The molecule has 0 fully saturated rings. The monoisotopic (exact) mass is 378 g/mol. The molecule has 0 spiro atoms. The SMILES string of the molecule is CC(C)CC(NC(=O)C(C)Sc1ccc([N+](=O)[O-])cc1)c1cccs1. The summed E-state index contributed by atoms with van der Waals surface area (Å²) in [7, 11) is 0. The number of nitro benzene ring substituents is 1. The van der Waals surface area contributed by atoms with Crippen LogP contribution in [0.1, 0.15) is 38.1 Å². The number of carbonyl (C=O) groups is 1. The van der Waals surface area contributed by atoms with Crippen LogP contribution in [-0.4, -0.2) is 16.1 Å². The lowest BCUT2D eigenvalue weighted by Gasteiger charge is -2.21. The van der Waals surface area contributed by atoms with Gasteiger partial charge in [0.05, 0.1) is 16.2 Å². The summed E-state index contributed by atoms with van der Waals surface area (Å²) in [6.45, 7) is 6.13. The van der Waals surface area contributed by atoms with E-state index in [2.05, 4.69) is 19.2 Å². The molecule has 0 saturated heterocycles. The first-order chi connectivity index (χ1) is 11.9. The van der Waals surface area contributed by atoms with Crippen molar-refractivity contribution in [3.05, 3.63) is 56.8 Å². The largest absolute Gasteiger partial charge is 0.348 e. The van der Waals surface area contributed by atoms with Crippen molar-refractivity contribution in [3.63, 3.8) is 0 Å². The number of thioether (sulfide) groups is 1. The molecule has 0 saturated carbocycles. The van der Waals surface area contributed by atoms with E-state index in [0.717, 1.165) is 16.2 Å². The molecular weight excluding hydrogens is 356 g/mol. The summed E-state index contributed by atoms with van der Waals surface area (Å²) in [5.74, 6) is 0.451. The van der Waals surface area contributed by atoms with Crippen LogP contribution >= 0.6 is 23.1 Å². The van der Waals surface area contributed by atoms with Crippen LogP contribution < -0.4 is 5.32 Å². The van der Waals surface area contributed by atoms with E-state index in [1.165, 1.54) is 23.9 Å². The second-order valence-corrected chi connectivity index (χ2v) is 8.61. The highest BCUT2D eigenvalue weighted by atomic mass is 32.2. The Kier molecular flexibility index (Phi) is 7.01. The predicted molar refractivity (Wildman–Crippen MR) is 103 cm³/mol. The topological polar surface area (TPSA) is 72.2 Å². The van der Waals surface area contributed by atoms with Gasteiger partial charge in [0.25, 0.3) is 5.69 Å². The van der Waals surface area contributed by atoms with E-state index in [0.29, 0.717) is 5.92 Å². The van der Waals surface area contributed by atoms with Crippen LogP contribution in [-0.2, 0) is 4.79 Å². The number of benzene rings is 1. The third-order valence-corrected chi connectivity index (χ3v) is 5.74. The normalized spacial score (nSPS) is 13.4. The molecule has 7 heteroatoms. The summed E-state index contributed by atoms with van der Waals surface area (Å²) < 4.78 is 0. The zero-order valence-electron chi connectivity index (χ0n) is 14.5. The van der Waals surface area contributed by atoms with Crippen molar-refractivity contribution in [1.29, 1.82) is 0 Å². The number of nitrogens with one attached hydrogen (secondary N) is 1. The molecule has 2 aromatic rings. The number of rotatable bonds is 8. The van der Waals surface area contributed by atoms with E-state index in [1.807, 2.05) is 24.4 Å².